The Morgan fingerprint density at radius 3 is 3.00 bits per heavy atom. The third-order valence-corrected chi connectivity index (χ3v) is 3.47. The molecule has 6 nitrogen and oxygen atoms in total. The van der Waals surface area contributed by atoms with Crippen LogP contribution in [0, 0.1) is 11.8 Å². The molecular weight excluding hydrogens is 248 g/mol. The van der Waals surface area contributed by atoms with E-state index >= 15 is 0 Å². The van der Waals surface area contributed by atoms with Crippen LogP contribution in [-0.2, 0) is 27.4 Å². The van der Waals surface area contributed by atoms with Gasteiger partial charge < -0.3 is 14.0 Å². The Labute approximate surface area is 112 Å². The molecule has 1 aromatic rings. The zero-order valence-electron chi connectivity index (χ0n) is 11.6. The maximum atomic E-state index is 11.6. The van der Waals surface area contributed by atoms with Crippen LogP contribution in [0.5, 0.6) is 0 Å². The van der Waals surface area contributed by atoms with Crippen molar-refractivity contribution in [3.63, 3.8) is 0 Å². The molecule has 0 saturated carbocycles. The lowest BCUT2D eigenvalue weighted by Crippen LogP contribution is -2.24. The number of nitrogens with zero attached hydrogens (tertiary/aromatic N) is 2. The van der Waals surface area contributed by atoms with Crippen LogP contribution in [0.3, 0.4) is 0 Å². The van der Waals surface area contributed by atoms with E-state index < -0.39 is 0 Å². The highest BCUT2D eigenvalue weighted by atomic mass is 16.5. The molecule has 2 atom stereocenters. The first-order valence-corrected chi connectivity index (χ1v) is 6.37. The van der Waals surface area contributed by atoms with E-state index in [0.717, 1.165) is 12.2 Å². The molecule has 0 N–H and O–H groups in total. The number of esters is 1. The molecule has 0 aliphatic carbocycles. The van der Waals surface area contributed by atoms with Crippen LogP contribution in [0.1, 0.15) is 18.4 Å². The van der Waals surface area contributed by atoms with Gasteiger partial charge in [-0.1, -0.05) is 12.1 Å². The summed E-state index contributed by atoms with van der Waals surface area (Å²) in [5.74, 6) is 0.845. The fourth-order valence-corrected chi connectivity index (χ4v) is 2.52. The summed E-state index contributed by atoms with van der Waals surface area (Å²) in [7, 11) is 3.05. The number of ether oxygens (including phenoxy) is 2. The lowest BCUT2D eigenvalue weighted by atomic mass is 9.99. The number of carbonyl (C=O) groups excluding carboxylic acids is 1. The SMILES string of the molecule is COCc1cc(CN2CC(C)C(C(=O)OC)C2)no1. The van der Waals surface area contributed by atoms with Crippen molar-refractivity contribution in [2.45, 2.75) is 20.1 Å². The Hall–Kier alpha value is -1.40. The van der Waals surface area contributed by atoms with Gasteiger partial charge in [0.1, 0.15) is 6.61 Å². The molecule has 106 valence electrons. The average molecular weight is 268 g/mol. The average Bonchev–Trinajstić information content (AvgIpc) is 2.96. The van der Waals surface area contributed by atoms with E-state index in [-0.39, 0.29) is 11.9 Å². The molecule has 0 amide bonds. The largest absolute Gasteiger partial charge is 0.469 e. The van der Waals surface area contributed by atoms with Crippen LogP contribution in [0.4, 0.5) is 0 Å². The van der Waals surface area contributed by atoms with Crippen molar-refractivity contribution >= 4 is 5.97 Å². The van der Waals surface area contributed by atoms with Gasteiger partial charge in [-0.15, -0.1) is 0 Å². The van der Waals surface area contributed by atoms with Crippen molar-refractivity contribution in [3.8, 4) is 0 Å². The van der Waals surface area contributed by atoms with Crippen molar-refractivity contribution in [1.82, 2.24) is 10.1 Å². The summed E-state index contributed by atoms with van der Waals surface area (Å²) < 4.78 is 14.9. The van der Waals surface area contributed by atoms with Gasteiger partial charge in [-0.3, -0.25) is 9.69 Å². The van der Waals surface area contributed by atoms with Crippen molar-refractivity contribution in [2.24, 2.45) is 11.8 Å². The molecule has 1 aliphatic rings. The quantitative estimate of drug-likeness (QED) is 0.744. The third-order valence-electron chi connectivity index (χ3n) is 3.47. The van der Waals surface area contributed by atoms with Crippen LogP contribution in [0.25, 0.3) is 0 Å². The van der Waals surface area contributed by atoms with E-state index in [0.29, 0.717) is 31.4 Å². The standard InChI is InChI=1S/C13H20N2O4/c1-9-5-15(7-12(9)13(16)18-3)6-10-4-11(8-17-2)19-14-10/h4,9,12H,5-8H2,1-3H3. The van der Waals surface area contributed by atoms with Crippen molar-refractivity contribution < 1.29 is 18.8 Å². The van der Waals surface area contributed by atoms with Gasteiger partial charge >= 0.3 is 5.97 Å². The highest BCUT2D eigenvalue weighted by molar-refractivity contribution is 5.73. The van der Waals surface area contributed by atoms with Crippen molar-refractivity contribution in [2.75, 3.05) is 27.3 Å². The summed E-state index contributed by atoms with van der Waals surface area (Å²) in [6.07, 6.45) is 0. The van der Waals surface area contributed by atoms with E-state index in [1.165, 1.54) is 7.11 Å². The molecule has 1 aliphatic heterocycles. The van der Waals surface area contributed by atoms with Crippen LogP contribution in [0.2, 0.25) is 0 Å². The van der Waals surface area contributed by atoms with Gasteiger partial charge in [-0.05, 0) is 5.92 Å². The van der Waals surface area contributed by atoms with E-state index in [9.17, 15) is 4.79 Å². The fourth-order valence-electron chi connectivity index (χ4n) is 2.52. The predicted octanol–water partition coefficient (Wildman–Crippen LogP) is 1.06. The van der Waals surface area contributed by atoms with E-state index in [1.807, 2.05) is 6.07 Å². The number of rotatable bonds is 5. The minimum absolute atomic E-state index is 0.0460. The number of carbonyl (C=O) groups is 1. The monoisotopic (exact) mass is 268 g/mol. The Morgan fingerprint density at radius 2 is 2.32 bits per heavy atom. The second-order valence-electron chi connectivity index (χ2n) is 5.02. The molecule has 6 heteroatoms. The summed E-state index contributed by atoms with van der Waals surface area (Å²) in [6.45, 7) is 4.76. The number of hydrogen-bond acceptors (Lipinski definition) is 6. The van der Waals surface area contributed by atoms with Crippen molar-refractivity contribution in [3.05, 3.63) is 17.5 Å². The first-order chi connectivity index (χ1) is 9.13. The second kappa shape index (κ2) is 6.16. The minimum atomic E-state index is -0.129. The molecule has 0 radical (unpaired) electrons. The summed E-state index contributed by atoms with van der Waals surface area (Å²) >= 11 is 0. The maximum Gasteiger partial charge on any atom is 0.310 e. The number of aromatic nitrogens is 1. The molecule has 1 aromatic heterocycles. The Bertz CT molecular complexity index is 432. The second-order valence-corrected chi connectivity index (χ2v) is 5.02. The topological polar surface area (TPSA) is 64.8 Å². The first kappa shape index (κ1) is 14.0. The predicted molar refractivity (Wildman–Crippen MR) is 67.2 cm³/mol. The lowest BCUT2D eigenvalue weighted by Gasteiger charge is -2.12. The van der Waals surface area contributed by atoms with Crippen LogP contribution in [0.15, 0.2) is 10.6 Å². The van der Waals surface area contributed by atoms with Gasteiger partial charge in [-0.2, -0.15) is 0 Å². The summed E-state index contributed by atoms with van der Waals surface area (Å²) in [4.78, 5) is 13.8. The lowest BCUT2D eigenvalue weighted by molar-refractivity contribution is -0.146. The summed E-state index contributed by atoms with van der Waals surface area (Å²) in [6, 6.07) is 1.89. The molecule has 0 bridgehead atoms. The number of likely N-dealkylation sites (tertiary alicyclic amines) is 1. The van der Waals surface area contributed by atoms with Gasteiger partial charge in [0.05, 0.1) is 18.7 Å². The maximum absolute atomic E-state index is 11.6. The van der Waals surface area contributed by atoms with Crippen LogP contribution < -0.4 is 0 Å². The van der Waals surface area contributed by atoms with E-state index in [2.05, 4.69) is 17.0 Å². The van der Waals surface area contributed by atoms with Gasteiger partial charge in [-0.25, -0.2) is 0 Å². The fraction of sp³-hybridized carbons (Fsp3) is 0.692. The van der Waals surface area contributed by atoms with E-state index in [1.54, 1.807) is 7.11 Å². The van der Waals surface area contributed by atoms with Gasteiger partial charge in [0.15, 0.2) is 5.76 Å². The molecule has 2 heterocycles. The van der Waals surface area contributed by atoms with Crippen LogP contribution in [-0.4, -0.2) is 43.3 Å². The highest BCUT2D eigenvalue weighted by Gasteiger charge is 2.35. The summed E-state index contributed by atoms with van der Waals surface area (Å²) in [5, 5.41) is 4.00. The number of methoxy groups -OCH3 is 2. The Kier molecular flexibility index (Phi) is 4.55. The molecule has 0 spiro atoms. The zero-order valence-corrected chi connectivity index (χ0v) is 11.6. The minimum Gasteiger partial charge on any atom is -0.469 e. The van der Waals surface area contributed by atoms with Gasteiger partial charge in [0.25, 0.3) is 0 Å². The molecular formula is C13H20N2O4. The van der Waals surface area contributed by atoms with Crippen molar-refractivity contribution in [1.29, 1.82) is 0 Å². The molecule has 1 fully saturated rings. The molecule has 2 unspecified atom stereocenters. The molecule has 2 rings (SSSR count). The van der Waals surface area contributed by atoms with Gasteiger partial charge in [0.2, 0.25) is 0 Å². The Balaban J connectivity index is 1.91. The third kappa shape index (κ3) is 3.33. The zero-order chi connectivity index (χ0) is 13.8. The molecule has 19 heavy (non-hydrogen) atoms. The van der Waals surface area contributed by atoms with Crippen LogP contribution >= 0.6 is 0 Å². The normalized spacial score (nSPS) is 23.7. The molecule has 1 saturated heterocycles. The molecule has 0 aromatic carbocycles. The summed E-state index contributed by atoms with van der Waals surface area (Å²) in [5.41, 5.74) is 0.866. The highest BCUT2D eigenvalue weighted by Crippen LogP contribution is 2.25. The number of hydrogen-bond donors (Lipinski definition) is 0. The first-order valence-electron chi connectivity index (χ1n) is 6.37. The smallest absolute Gasteiger partial charge is 0.310 e. The Morgan fingerprint density at radius 1 is 1.53 bits per heavy atom. The van der Waals surface area contributed by atoms with Gasteiger partial charge in [0, 0.05) is 32.8 Å². The van der Waals surface area contributed by atoms with E-state index in [4.69, 9.17) is 14.0 Å².